The van der Waals surface area contributed by atoms with Crippen LogP contribution in [0.4, 0.5) is 0 Å². The molecule has 0 aliphatic rings. The molecule has 6 heteroatoms. The molecule has 1 rings (SSSR count). The molecule has 2 N–H and O–H groups in total. The third-order valence-electron chi connectivity index (χ3n) is 2.49. The lowest BCUT2D eigenvalue weighted by atomic mass is 10.2. The van der Waals surface area contributed by atoms with Crippen molar-refractivity contribution in [3.05, 3.63) is 28.8 Å². The Morgan fingerprint density at radius 1 is 1.53 bits per heavy atom. The van der Waals surface area contributed by atoms with Crippen molar-refractivity contribution >= 4 is 17.6 Å². The van der Waals surface area contributed by atoms with Gasteiger partial charge in [-0.15, -0.1) is 0 Å². The van der Waals surface area contributed by atoms with E-state index in [1.165, 1.54) is 6.92 Å². The van der Waals surface area contributed by atoms with Crippen LogP contribution in [-0.2, 0) is 16.1 Å². The maximum atomic E-state index is 10.8. The molecular formula is C13H18ClNO4. The summed E-state index contributed by atoms with van der Waals surface area (Å²) in [6.07, 6.45) is -0.947. The predicted octanol–water partition coefficient (Wildman–Crippen LogP) is 1.93. The summed E-state index contributed by atoms with van der Waals surface area (Å²) < 4.78 is 10.3. The lowest BCUT2D eigenvalue weighted by Crippen LogP contribution is -2.24. The summed E-state index contributed by atoms with van der Waals surface area (Å²) in [5.41, 5.74) is 0.816. The van der Waals surface area contributed by atoms with Gasteiger partial charge >= 0.3 is 5.97 Å². The highest BCUT2D eigenvalue weighted by Crippen LogP contribution is 2.29. The van der Waals surface area contributed by atoms with E-state index in [2.05, 4.69) is 5.32 Å². The number of benzene rings is 1. The van der Waals surface area contributed by atoms with Crippen molar-refractivity contribution in [2.75, 3.05) is 20.3 Å². The van der Waals surface area contributed by atoms with Crippen molar-refractivity contribution in [1.29, 1.82) is 0 Å². The molecule has 1 aromatic carbocycles. The molecule has 19 heavy (non-hydrogen) atoms. The molecule has 0 fully saturated rings. The van der Waals surface area contributed by atoms with E-state index in [4.69, 9.17) is 26.2 Å². The third kappa shape index (κ3) is 5.06. The molecule has 0 saturated carbocycles. The van der Waals surface area contributed by atoms with Crippen LogP contribution in [0, 0.1) is 0 Å². The summed E-state index contributed by atoms with van der Waals surface area (Å²) in [4.78, 5) is 10.8. The van der Waals surface area contributed by atoms with Gasteiger partial charge in [-0.1, -0.05) is 23.7 Å². The maximum absolute atomic E-state index is 10.8. The molecule has 0 aliphatic heterocycles. The van der Waals surface area contributed by atoms with E-state index in [0.717, 1.165) is 5.56 Å². The van der Waals surface area contributed by atoms with Gasteiger partial charge in [-0.05, 0) is 13.0 Å². The number of hydrogen-bond donors (Lipinski definition) is 2. The van der Waals surface area contributed by atoms with E-state index in [-0.39, 0.29) is 0 Å². The number of hydrogen-bond acceptors (Lipinski definition) is 4. The highest BCUT2D eigenvalue weighted by atomic mass is 35.5. The van der Waals surface area contributed by atoms with Crippen LogP contribution in [0.5, 0.6) is 5.75 Å². The van der Waals surface area contributed by atoms with Crippen LogP contribution in [-0.4, -0.2) is 37.4 Å². The zero-order valence-electron chi connectivity index (χ0n) is 11.0. The monoisotopic (exact) mass is 287 g/mol. The first-order valence-electron chi connectivity index (χ1n) is 5.92. The Morgan fingerprint density at radius 2 is 2.26 bits per heavy atom. The molecule has 0 amide bonds. The van der Waals surface area contributed by atoms with Crippen molar-refractivity contribution in [2.45, 2.75) is 19.6 Å². The SMILES string of the molecule is COCCNCc1cccc(Cl)c1OC(C)C(=O)O. The zero-order valence-corrected chi connectivity index (χ0v) is 11.7. The van der Waals surface area contributed by atoms with Crippen LogP contribution in [0.2, 0.25) is 5.02 Å². The maximum Gasteiger partial charge on any atom is 0.344 e. The number of halogens is 1. The fraction of sp³-hybridized carbons (Fsp3) is 0.462. The molecule has 5 nitrogen and oxygen atoms in total. The molecular weight excluding hydrogens is 270 g/mol. The first kappa shape index (κ1) is 15.8. The van der Waals surface area contributed by atoms with E-state index >= 15 is 0 Å². The number of nitrogens with one attached hydrogen (secondary N) is 1. The molecule has 0 saturated heterocycles. The first-order chi connectivity index (χ1) is 9.06. The van der Waals surface area contributed by atoms with Crippen molar-refractivity contribution in [2.24, 2.45) is 0 Å². The molecule has 0 aliphatic carbocycles. The summed E-state index contributed by atoms with van der Waals surface area (Å²) in [7, 11) is 1.63. The lowest BCUT2D eigenvalue weighted by molar-refractivity contribution is -0.144. The molecule has 1 unspecified atom stereocenters. The molecule has 1 atom stereocenters. The third-order valence-corrected chi connectivity index (χ3v) is 2.79. The highest BCUT2D eigenvalue weighted by molar-refractivity contribution is 6.32. The fourth-order valence-corrected chi connectivity index (χ4v) is 1.69. The summed E-state index contributed by atoms with van der Waals surface area (Å²) >= 11 is 6.05. The summed E-state index contributed by atoms with van der Waals surface area (Å²) in [6.45, 7) is 3.29. The van der Waals surface area contributed by atoms with Crippen LogP contribution in [0.3, 0.4) is 0 Å². The number of rotatable bonds is 8. The van der Waals surface area contributed by atoms with E-state index in [1.54, 1.807) is 19.2 Å². The minimum atomic E-state index is -1.03. The van der Waals surface area contributed by atoms with Gasteiger partial charge in [-0.3, -0.25) is 0 Å². The topological polar surface area (TPSA) is 67.8 Å². The van der Waals surface area contributed by atoms with E-state index in [9.17, 15) is 4.79 Å². The number of aliphatic carboxylic acids is 1. The number of ether oxygens (including phenoxy) is 2. The van der Waals surface area contributed by atoms with Gasteiger partial charge in [0.05, 0.1) is 11.6 Å². The van der Waals surface area contributed by atoms with Gasteiger partial charge in [0.15, 0.2) is 6.10 Å². The zero-order chi connectivity index (χ0) is 14.3. The van der Waals surface area contributed by atoms with Crippen molar-refractivity contribution < 1.29 is 19.4 Å². The Kier molecular flexibility index (Phi) is 6.62. The van der Waals surface area contributed by atoms with Gasteiger partial charge in [0, 0.05) is 25.8 Å². The summed E-state index contributed by atoms with van der Waals surface area (Å²) in [6, 6.07) is 5.31. The van der Waals surface area contributed by atoms with Crippen LogP contribution in [0.25, 0.3) is 0 Å². The van der Waals surface area contributed by atoms with Crippen LogP contribution in [0.15, 0.2) is 18.2 Å². The average molecular weight is 288 g/mol. The number of carbonyl (C=O) groups is 1. The smallest absolute Gasteiger partial charge is 0.344 e. The van der Waals surface area contributed by atoms with Gasteiger partial charge in [-0.25, -0.2) is 4.79 Å². The van der Waals surface area contributed by atoms with Gasteiger partial charge in [0.2, 0.25) is 0 Å². The van der Waals surface area contributed by atoms with Gasteiger partial charge in [0.25, 0.3) is 0 Å². The van der Waals surface area contributed by atoms with E-state index in [0.29, 0.717) is 30.5 Å². The highest BCUT2D eigenvalue weighted by Gasteiger charge is 2.16. The Morgan fingerprint density at radius 3 is 2.89 bits per heavy atom. The molecule has 1 aromatic rings. The molecule has 0 heterocycles. The predicted molar refractivity (Wildman–Crippen MR) is 72.8 cm³/mol. The second-order valence-corrected chi connectivity index (χ2v) is 4.40. The number of carboxylic acids is 1. The van der Waals surface area contributed by atoms with Crippen LogP contribution in [0.1, 0.15) is 12.5 Å². The van der Waals surface area contributed by atoms with Crippen molar-refractivity contribution in [1.82, 2.24) is 5.32 Å². The fourth-order valence-electron chi connectivity index (χ4n) is 1.45. The average Bonchev–Trinajstić information content (AvgIpc) is 2.38. The standard InChI is InChI=1S/C13H18ClNO4/c1-9(13(16)17)19-12-10(4-3-5-11(12)14)8-15-6-7-18-2/h3-5,9,15H,6-8H2,1-2H3,(H,16,17). The Hall–Kier alpha value is -1.30. The Balaban J connectivity index is 2.74. The first-order valence-corrected chi connectivity index (χ1v) is 6.30. The molecule has 0 aromatic heterocycles. The molecule has 106 valence electrons. The van der Waals surface area contributed by atoms with E-state index in [1.807, 2.05) is 6.07 Å². The Labute approximate surface area is 117 Å². The minimum absolute atomic E-state index is 0.402. The van der Waals surface area contributed by atoms with Gasteiger partial charge in [0.1, 0.15) is 5.75 Å². The summed E-state index contributed by atoms with van der Waals surface area (Å²) in [5, 5.41) is 12.4. The Bertz CT molecular complexity index is 425. The molecule has 0 radical (unpaired) electrons. The number of carboxylic acid groups (broad SMARTS) is 1. The van der Waals surface area contributed by atoms with Crippen LogP contribution >= 0.6 is 11.6 Å². The van der Waals surface area contributed by atoms with Gasteiger partial charge in [-0.2, -0.15) is 0 Å². The second kappa shape index (κ2) is 7.99. The van der Waals surface area contributed by atoms with E-state index < -0.39 is 12.1 Å². The summed E-state index contributed by atoms with van der Waals surface area (Å²) in [5.74, 6) is -0.623. The minimum Gasteiger partial charge on any atom is -0.479 e. The quantitative estimate of drug-likeness (QED) is 0.715. The second-order valence-electron chi connectivity index (χ2n) is 4.00. The largest absolute Gasteiger partial charge is 0.479 e. The molecule has 0 bridgehead atoms. The van der Waals surface area contributed by atoms with Crippen molar-refractivity contribution in [3.63, 3.8) is 0 Å². The molecule has 0 spiro atoms. The van der Waals surface area contributed by atoms with Crippen molar-refractivity contribution in [3.8, 4) is 5.75 Å². The number of methoxy groups -OCH3 is 1. The lowest BCUT2D eigenvalue weighted by Gasteiger charge is -2.16. The number of para-hydroxylation sites is 1. The normalized spacial score (nSPS) is 12.2. The van der Waals surface area contributed by atoms with Gasteiger partial charge < -0.3 is 19.9 Å². The van der Waals surface area contributed by atoms with Crippen LogP contribution < -0.4 is 10.1 Å².